The van der Waals surface area contributed by atoms with Gasteiger partial charge in [-0.05, 0) is 44.1 Å². The van der Waals surface area contributed by atoms with Gasteiger partial charge >= 0.3 is 5.97 Å². The van der Waals surface area contributed by atoms with Gasteiger partial charge in [-0.15, -0.1) is 0 Å². The molecule has 0 rings (SSSR count). The predicted molar refractivity (Wildman–Crippen MR) is 129 cm³/mol. The number of hydrogen-bond donors (Lipinski definition) is 7. The van der Waals surface area contributed by atoms with Crippen molar-refractivity contribution in [2.75, 3.05) is 18.6 Å². The van der Waals surface area contributed by atoms with E-state index in [2.05, 4.69) is 20.9 Å². The molecule has 3 amide bonds. The first-order valence-electron chi connectivity index (χ1n) is 10.9. The Kier molecular flexibility index (Phi) is 14.9. The molecular formula is C20H39N7O5S. The summed E-state index contributed by atoms with van der Waals surface area (Å²) in [4.78, 5) is 53.4. The van der Waals surface area contributed by atoms with Crippen LogP contribution in [0.25, 0.3) is 0 Å². The second-order valence-corrected chi connectivity index (χ2v) is 8.84. The molecule has 0 aromatic heterocycles. The van der Waals surface area contributed by atoms with Crippen molar-refractivity contribution in [1.29, 1.82) is 0 Å². The van der Waals surface area contributed by atoms with Crippen molar-refractivity contribution in [2.24, 2.45) is 28.1 Å². The molecule has 5 atom stereocenters. The van der Waals surface area contributed by atoms with Crippen molar-refractivity contribution >= 4 is 41.4 Å². The van der Waals surface area contributed by atoms with Gasteiger partial charge in [0.15, 0.2) is 5.96 Å². The molecule has 0 spiro atoms. The third-order valence-electron chi connectivity index (χ3n) is 5.01. The van der Waals surface area contributed by atoms with Crippen molar-refractivity contribution in [3.05, 3.63) is 0 Å². The number of rotatable bonds is 16. The Morgan fingerprint density at radius 1 is 0.970 bits per heavy atom. The van der Waals surface area contributed by atoms with Crippen LogP contribution in [0.2, 0.25) is 0 Å². The van der Waals surface area contributed by atoms with Crippen LogP contribution in [0.4, 0.5) is 0 Å². The average Bonchev–Trinajstić information content (AvgIpc) is 2.75. The van der Waals surface area contributed by atoms with Gasteiger partial charge < -0.3 is 38.3 Å². The Morgan fingerprint density at radius 2 is 1.58 bits per heavy atom. The number of thioether (sulfide) groups is 1. The highest BCUT2D eigenvalue weighted by Crippen LogP contribution is 2.10. The summed E-state index contributed by atoms with van der Waals surface area (Å²) >= 11 is 1.46. The normalized spacial score (nSPS) is 15.3. The minimum atomic E-state index is -1.16. The van der Waals surface area contributed by atoms with E-state index in [0.29, 0.717) is 18.6 Å². The molecule has 12 nitrogen and oxygen atoms in total. The van der Waals surface area contributed by atoms with Gasteiger partial charge in [-0.1, -0.05) is 20.3 Å². The summed E-state index contributed by atoms with van der Waals surface area (Å²) in [5.41, 5.74) is 16.2. The van der Waals surface area contributed by atoms with Gasteiger partial charge in [-0.2, -0.15) is 11.8 Å². The number of guanidine groups is 1. The van der Waals surface area contributed by atoms with Gasteiger partial charge in [0, 0.05) is 6.54 Å². The molecule has 0 saturated carbocycles. The van der Waals surface area contributed by atoms with Crippen molar-refractivity contribution in [1.82, 2.24) is 16.0 Å². The number of carbonyl (C=O) groups is 4. The number of amides is 3. The van der Waals surface area contributed by atoms with Crippen molar-refractivity contribution in [2.45, 2.75) is 70.6 Å². The quantitative estimate of drug-likeness (QED) is 0.0779. The summed E-state index contributed by atoms with van der Waals surface area (Å²) in [6.07, 6.45) is 3.18. The summed E-state index contributed by atoms with van der Waals surface area (Å²) in [6.45, 7) is 5.39. The number of carboxylic acid groups (broad SMARTS) is 1. The fraction of sp³-hybridized carbons (Fsp3) is 0.750. The van der Waals surface area contributed by atoms with E-state index in [1.807, 2.05) is 13.2 Å². The number of aliphatic imine (C=N–C) groups is 1. The van der Waals surface area contributed by atoms with E-state index in [1.54, 1.807) is 6.92 Å². The second-order valence-electron chi connectivity index (χ2n) is 7.85. The Bertz CT molecular complexity index is 686. The first-order chi connectivity index (χ1) is 15.4. The Labute approximate surface area is 199 Å². The number of nitrogens with one attached hydrogen (secondary N) is 3. The molecule has 0 bridgehead atoms. The van der Waals surface area contributed by atoms with Crippen LogP contribution in [0.3, 0.4) is 0 Å². The number of nitrogens with two attached hydrogens (primary N) is 3. The molecule has 5 unspecified atom stereocenters. The summed E-state index contributed by atoms with van der Waals surface area (Å²) < 4.78 is 0. The first-order valence-corrected chi connectivity index (χ1v) is 12.3. The van der Waals surface area contributed by atoms with Crippen LogP contribution in [-0.2, 0) is 19.2 Å². The van der Waals surface area contributed by atoms with Crippen molar-refractivity contribution in [3.63, 3.8) is 0 Å². The first kappa shape index (κ1) is 30.5. The van der Waals surface area contributed by atoms with Crippen LogP contribution >= 0.6 is 11.8 Å². The molecule has 33 heavy (non-hydrogen) atoms. The molecule has 0 radical (unpaired) electrons. The van der Waals surface area contributed by atoms with Gasteiger partial charge in [0.05, 0.1) is 6.04 Å². The van der Waals surface area contributed by atoms with E-state index < -0.39 is 47.9 Å². The number of carboxylic acids is 1. The fourth-order valence-electron chi connectivity index (χ4n) is 2.79. The van der Waals surface area contributed by atoms with Crippen LogP contribution in [0.15, 0.2) is 4.99 Å². The van der Waals surface area contributed by atoms with E-state index >= 15 is 0 Å². The summed E-state index contributed by atoms with van der Waals surface area (Å²) in [5, 5.41) is 17.2. The van der Waals surface area contributed by atoms with Crippen LogP contribution in [-0.4, -0.2) is 77.5 Å². The smallest absolute Gasteiger partial charge is 0.326 e. The van der Waals surface area contributed by atoms with Gasteiger partial charge in [-0.3, -0.25) is 19.4 Å². The highest BCUT2D eigenvalue weighted by atomic mass is 32.2. The minimum Gasteiger partial charge on any atom is -0.480 e. The summed E-state index contributed by atoms with van der Waals surface area (Å²) in [7, 11) is 0. The third kappa shape index (κ3) is 12.3. The summed E-state index contributed by atoms with van der Waals surface area (Å²) in [6, 6.07) is -3.85. The molecule has 0 aliphatic heterocycles. The number of aliphatic carboxylic acids is 1. The van der Waals surface area contributed by atoms with Crippen molar-refractivity contribution < 1.29 is 24.3 Å². The van der Waals surface area contributed by atoms with Crippen LogP contribution in [0.5, 0.6) is 0 Å². The molecule has 0 heterocycles. The number of carbonyl (C=O) groups excluding carboxylic acids is 3. The standard InChI is InChI=1S/C20H39N7O5S/c1-5-11(2)15(27-16(28)12(3)21)18(30)25-13(7-6-9-24-20(22)23)17(29)26-14(19(31)32)8-10-33-4/h11-15H,5-10,21H2,1-4H3,(H,25,30)(H,26,29)(H,27,28)(H,31,32)(H4,22,23,24). The topological polar surface area (TPSA) is 215 Å². The van der Waals surface area contributed by atoms with E-state index in [-0.39, 0.29) is 31.3 Å². The highest BCUT2D eigenvalue weighted by Gasteiger charge is 2.31. The molecule has 190 valence electrons. The Hall–Kier alpha value is -2.54. The van der Waals surface area contributed by atoms with Gasteiger partial charge in [-0.25, -0.2) is 4.79 Å². The Morgan fingerprint density at radius 3 is 2.06 bits per heavy atom. The summed E-state index contributed by atoms with van der Waals surface area (Å²) in [5.74, 6) is -2.64. The van der Waals surface area contributed by atoms with E-state index in [4.69, 9.17) is 17.2 Å². The van der Waals surface area contributed by atoms with E-state index in [0.717, 1.165) is 0 Å². The average molecular weight is 490 g/mol. The van der Waals surface area contributed by atoms with Gasteiger partial charge in [0.25, 0.3) is 0 Å². The lowest BCUT2D eigenvalue weighted by atomic mass is 9.97. The van der Waals surface area contributed by atoms with Crippen LogP contribution in [0.1, 0.15) is 46.5 Å². The zero-order valence-electron chi connectivity index (χ0n) is 19.8. The fourth-order valence-corrected chi connectivity index (χ4v) is 3.26. The maximum absolute atomic E-state index is 13.0. The number of hydrogen-bond acceptors (Lipinski definition) is 7. The van der Waals surface area contributed by atoms with Crippen molar-refractivity contribution in [3.8, 4) is 0 Å². The SMILES string of the molecule is CCC(C)C(NC(=O)C(C)N)C(=O)NC(CCCN=C(N)N)C(=O)NC(CCSC)C(=O)O. The van der Waals surface area contributed by atoms with Crippen LogP contribution in [0, 0.1) is 5.92 Å². The molecule has 0 aromatic carbocycles. The molecular weight excluding hydrogens is 450 g/mol. The van der Waals surface area contributed by atoms with Gasteiger partial charge in [0.2, 0.25) is 17.7 Å². The largest absolute Gasteiger partial charge is 0.480 e. The van der Waals surface area contributed by atoms with E-state index in [9.17, 15) is 24.3 Å². The molecule has 0 aromatic rings. The molecule has 0 aliphatic rings. The third-order valence-corrected chi connectivity index (χ3v) is 5.65. The molecule has 0 saturated heterocycles. The second kappa shape index (κ2) is 16.1. The lowest BCUT2D eigenvalue weighted by Crippen LogP contribution is -2.58. The molecule has 13 heteroatoms. The number of nitrogens with zero attached hydrogens (tertiary/aromatic N) is 1. The molecule has 0 fully saturated rings. The highest BCUT2D eigenvalue weighted by molar-refractivity contribution is 7.98. The van der Waals surface area contributed by atoms with Gasteiger partial charge in [0.1, 0.15) is 18.1 Å². The maximum Gasteiger partial charge on any atom is 0.326 e. The van der Waals surface area contributed by atoms with E-state index in [1.165, 1.54) is 18.7 Å². The lowest BCUT2D eigenvalue weighted by molar-refractivity contribution is -0.142. The maximum atomic E-state index is 13.0. The Balaban J connectivity index is 5.55. The lowest BCUT2D eigenvalue weighted by Gasteiger charge is -2.27. The monoisotopic (exact) mass is 489 g/mol. The predicted octanol–water partition coefficient (Wildman–Crippen LogP) is -1.27. The zero-order valence-corrected chi connectivity index (χ0v) is 20.6. The molecule has 10 N–H and O–H groups in total. The molecule has 0 aliphatic carbocycles. The minimum absolute atomic E-state index is 0.0986. The van der Waals surface area contributed by atoms with Crippen LogP contribution < -0.4 is 33.2 Å². The zero-order chi connectivity index (χ0) is 25.6.